The van der Waals surface area contributed by atoms with Gasteiger partial charge in [-0.3, -0.25) is 9.59 Å². The first-order valence-electron chi connectivity index (χ1n) is 5.14. The van der Waals surface area contributed by atoms with Gasteiger partial charge >= 0.3 is 11.9 Å². The highest BCUT2D eigenvalue weighted by Crippen LogP contribution is 2.34. The molecule has 3 atom stereocenters. The van der Waals surface area contributed by atoms with E-state index < -0.39 is 29.5 Å². The van der Waals surface area contributed by atoms with Crippen LogP contribution < -0.4 is 5.32 Å². The zero-order chi connectivity index (χ0) is 12.5. The van der Waals surface area contributed by atoms with Crippen molar-refractivity contribution in [1.82, 2.24) is 5.32 Å². The molecule has 6 nitrogen and oxygen atoms in total. The summed E-state index contributed by atoms with van der Waals surface area (Å²) < 4.78 is 0. The average Bonchev–Trinajstić information content (AvgIpc) is 2.45. The van der Waals surface area contributed by atoms with Gasteiger partial charge < -0.3 is 20.6 Å². The second-order valence-corrected chi connectivity index (χ2v) is 4.75. The van der Waals surface area contributed by atoms with Crippen molar-refractivity contribution in [2.75, 3.05) is 6.54 Å². The van der Waals surface area contributed by atoms with Crippen molar-refractivity contribution >= 4 is 11.9 Å². The standard InChI is InChI=1S/C10H17NO5/c1-10(2,16)6-4-11-8(9(14)15)5(6)3-7(12)13/h5-6,8,11,16H,3-4H2,1-2H3,(H,12,13)(H,14,15)/t5-,6-,8-/m0/s1. The van der Waals surface area contributed by atoms with Gasteiger partial charge in [-0.2, -0.15) is 0 Å². The number of aliphatic hydroxyl groups is 1. The van der Waals surface area contributed by atoms with Crippen LogP contribution in [0, 0.1) is 11.8 Å². The SMILES string of the molecule is CC(C)(O)[C@H]1CN[C@H](C(=O)O)[C@H]1CC(=O)O. The number of aliphatic carboxylic acids is 2. The number of carbonyl (C=O) groups is 2. The summed E-state index contributed by atoms with van der Waals surface area (Å²) in [6.07, 6.45) is -0.251. The summed E-state index contributed by atoms with van der Waals surface area (Å²) in [7, 11) is 0. The van der Waals surface area contributed by atoms with Crippen LogP contribution in [0.4, 0.5) is 0 Å². The zero-order valence-electron chi connectivity index (χ0n) is 9.30. The van der Waals surface area contributed by atoms with Gasteiger partial charge in [-0.1, -0.05) is 0 Å². The molecule has 1 heterocycles. The Hall–Kier alpha value is -1.14. The highest BCUT2D eigenvalue weighted by molar-refractivity contribution is 5.76. The van der Waals surface area contributed by atoms with Gasteiger partial charge in [-0.15, -0.1) is 0 Å². The molecule has 1 aliphatic heterocycles. The highest BCUT2D eigenvalue weighted by atomic mass is 16.4. The molecule has 0 bridgehead atoms. The Morgan fingerprint density at radius 1 is 1.38 bits per heavy atom. The molecule has 92 valence electrons. The minimum absolute atomic E-state index is 0.251. The van der Waals surface area contributed by atoms with Gasteiger partial charge in [0.15, 0.2) is 0 Å². The molecule has 0 saturated carbocycles. The van der Waals surface area contributed by atoms with E-state index in [0.29, 0.717) is 6.54 Å². The van der Waals surface area contributed by atoms with E-state index in [2.05, 4.69) is 5.32 Å². The van der Waals surface area contributed by atoms with E-state index in [1.54, 1.807) is 13.8 Å². The Morgan fingerprint density at radius 2 is 1.94 bits per heavy atom. The van der Waals surface area contributed by atoms with Gasteiger partial charge in [0, 0.05) is 18.4 Å². The summed E-state index contributed by atoms with van der Waals surface area (Å²) in [5, 5.41) is 30.3. The Morgan fingerprint density at radius 3 is 2.31 bits per heavy atom. The first-order valence-corrected chi connectivity index (χ1v) is 5.14. The third kappa shape index (κ3) is 2.70. The van der Waals surface area contributed by atoms with Crippen LogP contribution in [0.2, 0.25) is 0 Å². The third-order valence-electron chi connectivity index (χ3n) is 3.09. The van der Waals surface area contributed by atoms with E-state index >= 15 is 0 Å². The molecule has 6 heteroatoms. The van der Waals surface area contributed by atoms with Gasteiger partial charge in [0.1, 0.15) is 6.04 Å². The zero-order valence-corrected chi connectivity index (χ0v) is 9.30. The van der Waals surface area contributed by atoms with Crippen molar-refractivity contribution in [3.63, 3.8) is 0 Å². The molecule has 4 N–H and O–H groups in total. The summed E-state index contributed by atoms with van der Waals surface area (Å²) in [6.45, 7) is 3.45. The molecule has 0 aromatic heterocycles. The fraction of sp³-hybridized carbons (Fsp3) is 0.800. The highest BCUT2D eigenvalue weighted by Gasteiger charge is 2.46. The summed E-state index contributed by atoms with van der Waals surface area (Å²) >= 11 is 0. The average molecular weight is 231 g/mol. The van der Waals surface area contributed by atoms with E-state index in [9.17, 15) is 14.7 Å². The first kappa shape index (κ1) is 12.9. The van der Waals surface area contributed by atoms with Gasteiger partial charge in [0.2, 0.25) is 0 Å². The van der Waals surface area contributed by atoms with Gasteiger partial charge in [0.25, 0.3) is 0 Å². The number of carboxylic acids is 2. The Bertz CT molecular complexity index is 296. The Labute approximate surface area is 93.3 Å². The first-order chi connectivity index (χ1) is 7.23. The second kappa shape index (κ2) is 4.39. The number of hydrogen-bond donors (Lipinski definition) is 4. The molecule has 0 aliphatic carbocycles. The van der Waals surface area contributed by atoms with E-state index in [-0.39, 0.29) is 12.3 Å². The molecule has 1 saturated heterocycles. The Kier molecular flexibility index (Phi) is 3.54. The fourth-order valence-electron chi connectivity index (χ4n) is 2.29. The predicted molar refractivity (Wildman–Crippen MR) is 55.0 cm³/mol. The summed E-state index contributed by atoms with van der Waals surface area (Å²) in [5.41, 5.74) is -1.09. The summed E-state index contributed by atoms with van der Waals surface area (Å²) in [4.78, 5) is 21.6. The smallest absolute Gasteiger partial charge is 0.321 e. The van der Waals surface area contributed by atoms with Crippen LogP contribution in [0.5, 0.6) is 0 Å². The number of nitrogens with one attached hydrogen (secondary N) is 1. The van der Waals surface area contributed by atoms with Crippen molar-refractivity contribution in [3.05, 3.63) is 0 Å². The van der Waals surface area contributed by atoms with Crippen molar-refractivity contribution in [1.29, 1.82) is 0 Å². The molecule has 0 amide bonds. The van der Waals surface area contributed by atoms with Crippen LogP contribution >= 0.6 is 0 Å². The molecule has 1 aliphatic rings. The Balaban J connectivity index is 2.88. The van der Waals surface area contributed by atoms with E-state index in [1.165, 1.54) is 0 Å². The largest absolute Gasteiger partial charge is 0.481 e. The minimum Gasteiger partial charge on any atom is -0.481 e. The maximum atomic E-state index is 10.9. The minimum atomic E-state index is -1.09. The molecule has 1 rings (SSSR count). The molecule has 0 aromatic carbocycles. The van der Waals surface area contributed by atoms with Gasteiger partial charge in [-0.05, 0) is 13.8 Å². The van der Waals surface area contributed by atoms with E-state index in [1.807, 2.05) is 0 Å². The molecule has 0 spiro atoms. The van der Waals surface area contributed by atoms with E-state index in [0.717, 1.165) is 0 Å². The summed E-state index contributed by atoms with van der Waals surface area (Å²) in [5.74, 6) is -3.08. The van der Waals surface area contributed by atoms with Crippen LogP contribution in [0.25, 0.3) is 0 Å². The lowest BCUT2D eigenvalue weighted by molar-refractivity contribution is -0.143. The predicted octanol–water partition coefficient (Wildman–Crippen LogP) is -0.479. The summed E-state index contributed by atoms with van der Waals surface area (Å²) in [6, 6.07) is -0.896. The van der Waals surface area contributed by atoms with Crippen molar-refractivity contribution in [3.8, 4) is 0 Å². The maximum absolute atomic E-state index is 10.9. The maximum Gasteiger partial charge on any atom is 0.321 e. The second-order valence-electron chi connectivity index (χ2n) is 4.75. The van der Waals surface area contributed by atoms with Gasteiger partial charge in [-0.25, -0.2) is 0 Å². The lowest BCUT2D eigenvalue weighted by Crippen LogP contribution is -2.40. The lowest BCUT2D eigenvalue weighted by Gasteiger charge is -2.30. The van der Waals surface area contributed by atoms with Crippen LogP contribution in [-0.2, 0) is 9.59 Å². The molecular weight excluding hydrogens is 214 g/mol. The van der Waals surface area contributed by atoms with Crippen LogP contribution in [0.15, 0.2) is 0 Å². The quantitative estimate of drug-likeness (QED) is 0.520. The van der Waals surface area contributed by atoms with Crippen LogP contribution in [-0.4, -0.2) is 45.4 Å². The topological polar surface area (TPSA) is 107 Å². The molecule has 1 fully saturated rings. The van der Waals surface area contributed by atoms with Crippen LogP contribution in [0.1, 0.15) is 20.3 Å². The monoisotopic (exact) mass is 231 g/mol. The van der Waals surface area contributed by atoms with Crippen LogP contribution in [0.3, 0.4) is 0 Å². The molecular formula is C10H17NO5. The lowest BCUT2D eigenvalue weighted by atomic mass is 9.78. The number of carboxylic acid groups (broad SMARTS) is 2. The molecule has 0 radical (unpaired) electrons. The molecule has 0 aromatic rings. The fourth-order valence-corrected chi connectivity index (χ4v) is 2.29. The normalized spacial score (nSPS) is 30.3. The van der Waals surface area contributed by atoms with Crippen molar-refractivity contribution in [2.45, 2.75) is 31.9 Å². The third-order valence-corrected chi connectivity index (χ3v) is 3.09. The molecule has 16 heavy (non-hydrogen) atoms. The van der Waals surface area contributed by atoms with E-state index in [4.69, 9.17) is 10.2 Å². The number of rotatable bonds is 4. The van der Waals surface area contributed by atoms with Crippen molar-refractivity contribution in [2.24, 2.45) is 11.8 Å². The van der Waals surface area contributed by atoms with Gasteiger partial charge in [0.05, 0.1) is 12.0 Å². The van der Waals surface area contributed by atoms with Crippen molar-refractivity contribution < 1.29 is 24.9 Å². The number of hydrogen-bond acceptors (Lipinski definition) is 4. The molecule has 0 unspecified atom stereocenters.